The summed E-state index contributed by atoms with van der Waals surface area (Å²) in [6.45, 7) is 4.82. The Morgan fingerprint density at radius 2 is 2.07 bits per heavy atom. The Kier molecular flexibility index (Phi) is 3.84. The van der Waals surface area contributed by atoms with Crippen molar-refractivity contribution in [2.24, 2.45) is 17.6 Å². The van der Waals surface area contributed by atoms with Crippen LogP contribution >= 0.6 is 0 Å². The average molecular weight is 206 g/mol. The van der Waals surface area contributed by atoms with E-state index in [0.29, 0.717) is 12.5 Å². The molecule has 0 aliphatic heterocycles. The Balaban J connectivity index is 2.31. The van der Waals surface area contributed by atoms with Crippen LogP contribution in [0.3, 0.4) is 0 Å². The highest BCUT2D eigenvalue weighted by molar-refractivity contribution is 4.86. The van der Waals surface area contributed by atoms with Gasteiger partial charge in [-0.25, -0.2) is 8.78 Å². The molecular weight excluding hydrogens is 186 g/mol. The summed E-state index contributed by atoms with van der Waals surface area (Å²) in [5.41, 5.74) is 5.01. The van der Waals surface area contributed by atoms with Crippen molar-refractivity contribution in [2.75, 3.05) is 26.2 Å². The molecule has 2 unspecified atom stereocenters. The third-order valence-electron chi connectivity index (χ3n) is 2.97. The first-order chi connectivity index (χ1) is 6.48. The smallest absolute Gasteiger partial charge is 0.272 e. The lowest BCUT2D eigenvalue weighted by Crippen LogP contribution is -2.42. The largest absolute Gasteiger partial charge is 0.325 e. The Morgan fingerprint density at radius 3 is 2.43 bits per heavy atom. The Labute approximate surface area is 84.4 Å². The molecule has 0 aromatic heterocycles. The van der Waals surface area contributed by atoms with Gasteiger partial charge in [-0.2, -0.15) is 0 Å². The fraction of sp³-hybridized carbons (Fsp3) is 1.00. The maximum atomic E-state index is 13.0. The molecular formula is C10H20F2N2. The van der Waals surface area contributed by atoms with Crippen LogP contribution in [0, 0.1) is 11.8 Å². The highest BCUT2D eigenvalue weighted by atomic mass is 19.3. The van der Waals surface area contributed by atoms with Crippen molar-refractivity contribution < 1.29 is 8.78 Å². The van der Waals surface area contributed by atoms with E-state index < -0.39 is 12.5 Å². The van der Waals surface area contributed by atoms with Crippen LogP contribution in [0.4, 0.5) is 8.78 Å². The lowest BCUT2D eigenvalue weighted by molar-refractivity contribution is -0.0235. The fourth-order valence-corrected chi connectivity index (χ4v) is 1.68. The standard InChI is InChI=1S/C10H20F2N2/c1-3-14(5-9-4-8(9)2)7-10(11,12)6-13/h8-9H,3-7,13H2,1-2H3. The number of hydrogen-bond donors (Lipinski definition) is 1. The molecule has 0 aromatic carbocycles. The summed E-state index contributed by atoms with van der Waals surface area (Å²) in [5, 5.41) is 0. The first-order valence-corrected chi connectivity index (χ1v) is 5.28. The number of nitrogens with zero attached hydrogens (tertiary/aromatic N) is 1. The molecule has 2 N–H and O–H groups in total. The predicted octanol–water partition coefficient (Wildman–Crippen LogP) is 1.56. The molecule has 0 saturated heterocycles. The molecule has 0 spiro atoms. The van der Waals surface area contributed by atoms with E-state index in [1.807, 2.05) is 6.92 Å². The van der Waals surface area contributed by atoms with Gasteiger partial charge in [-0.3, -0.25) is 4.90 Å². The average Bonchev–Trinajstić information content (AvgIpc) is 2.80. The topological polar surface area (TPSA) is 29.3 Å². The lowest BCUT2D eigenvalue weighted by Gasteiger charge is -2.25. The zero-order valence-electron chi connectivity index (χ0n) is 8.97. The lowest BCUT2D eigenvalue weighted by atomic mass is 10.2. The van der Waals surface area contributed by atoms with Crippen LogP contribution in [0.25, 0.3) is 0 Å². The van der Waals surface area contributed by atoms with Crippen molar-refractivity contribution in [3.05, 3.63) is 0 Å². The SMILES string of the molecule is CCN(CC1CC1C)CC(F)(F)CN. The van der Waals surface area contributed by atoms with Crippen LogP contribution in [0.2, 0.25) is 0 Å². The van der Waals surface area contributed by atoms with Gasteiger partial charge in [0.15, 0.2) is 0 Å². The first-order valence-electron chi connectivity index (χ1n) is 5.28. The molecule has 2 atom stereocenters. The van der Waals surface area contributed by atoms with Crippen molar-refractivity contribution in [1.29, 1.82) is 0 Å². The molecule has 0 radical (unpaired) electrons. The highest BCUT2D eigenvalue weighted by Crippen LogP contribution is 2.38. The summed E-state index contributed by atoms with van der Waals surface area (Å²) >= 11 is 0. The Hall–Kier alpha value is -0.220. The van der Waals surface area contributed by atoms with E-state index in [0.717, 1.165) is 12.5 Å². The van der Waals surface area contributed by atoms with Gasteiger partial charge in [0.1, 0.15) is 0 Å². The molecule has 1 aliphatic rings. The van der Waals surface area contributed by atoms with Crippen molar-refractivity contribution in [3.63, 3.8) is 0 Å². The molecule has 2 nitrogen and oxygen atoms in total. The summed E-state index contributed by atoms with van der Waals surface area (Å²) in [6.07, 6.45) is 1.19. The van der Waals surface area contributed by atoms with E-state index >= 15 is 0 Å². The van der Waals surface area contributed by atoms with Crippen LogP contribution in [0.1, 0.15) is 20.3 Å². The van der Waals surface area contributed by atoms with Crippen molar-refractivity contribution in [1.82, 2.24) is 4.90 Å². The van der Waals surface area contributed by atoms with Crippen LogP contribution in [0.15, 0.2) is 0 Å². The van der Waals surface area contributed by atoms with Gasteiger partial charge >= 0.3 is 0 Å². The molecule has 1 fully saturated rings. The van der Waals surface area contributed by atoms with E-state index in [9.17, 15) is 8.78 Å². The normalized spacial score (nSPS) is 27.0. The molecule has 0 bridgehead atoms. The highest BCUT2D eigenvalue weighted by Gasteiger charge is 2.36. The van der Waals surface area contributed by atoms with Crippen LogP contribution < -0.4 is 5.73 Å². The van der Waals surface area contributed by atoms with Crippen LogP contribution in [-0.4, -0.2) is 37.0 Å². The van der Waals surface area contributed by atoms with E-state index in [1.54, 1.807) is 4.90 Å². The summed E-state index contributed by atoms with van der Waals surface area (Å²) in [4.78, 5) is 1.81. The Bertz CT molecular complexity index is 185. The maximum Gasteiger partial charge on any atom is 0.272 e. The van der Waals surface area contributed by atoms with E-state index in [-0.39, 0.29) is 6.54 Å². The van der Waals surface area contributed by atoms with Gasteiger partial charge in [0.25, 0.3) is 5.92 Å². The number of alkyl halides is 2. The summed E-state index contributed by atoms with van der Waals surface area (Å²) in [5.74, 6) is -1.38. The van der Waals surface area contributed by atoms with Gasteiger partial charge in [-0.1, -0.05) is 13.8 Å². The zero-order chi connectivity index (χ0) is 10.8. The molecule has 84 valence electrons. The van der Waals surface area contributed by atoms with Crippen LogP contribution in [0.5, 0.6) is 0 Å². The van der Waals surface area contributed by atoms with Gasteiger partial charge in [-0.15, -0.1) is 0 Å². The van der Waals surface area contributed by atoms with Crippen molar-refractivity contribution in [3.8, 4) is 0 Å². The molecule has 0 amide bonds. The van der Waals surface area contributed by atoms with Crippen molar-refractivity contribution in [2.45, 2.75) is 26.2 Å². The van der Waals surface area contributed by atoms with E-state index in [1.165, 1.54) is 6.42 Å². The van der Waals surface area contributed by atoms with Crippen LogP contribution in [-0.2, 0) is 0 Å². The summed E-state index contributed by atoms with van der Waals surface area (Å²) < 4.78 is 26.0. The third-order valence-corrected chi connectivity index (χ3v) is 2.97. The molecule has 1 aliphatic carbocycles. The molecule has 1 rings (SSSR count). The second kappa shape index (κ2) is 4.53. The number of rotatable bonds is 6. The van der Waals surface area contributed by atoms with Crippen molar-refractivity contribution >= 4 is 0 Å². The zero-order valence-corrected chi connectivity index (χ0v) is 8.97. The van der Waals surface area contributed by atoms with Gasteiger partial charge in [0, 0.05) is 6.54 Å². The molecule has 0 heterocycles. The first kappa shape index (κ1) is 11.9. The number of halogens is 2. The summed E-state index contributed by atoms with van der Waals surface area (Å²) in [7, 11) is 0. The second-order valence-electron chi connectivity index (χ2n) is 4.36. The minimum absolute atomic E-state index is 0.191. The minimum Gasteiger partial charge on any atom is -0.325 e. The summed E-state index contributed by atoms with van der Waals surface area (Å²) in [6, 6.07) is 0. The maximum absolute atomic E-state index is 13.0. The van der Waals surface area contributed by atoms with Gasteiger partial charge in [0.2, 0.25) is 0 Å². The van der Waals surface area contributed by atoms with Gasteiger partial charge < -0.3 is 5.73 Å². The predicted molar refractivity (Wildman–Crippen MR) is 53.4 cm³/mol. The number of nitrogens with two attached hydrogens (primary N) is 1. The van der Waals surface area contributed by atoms with Gasteiger partial charge in [0.05, 0.1) is 13.1 Å². The van der Waals surface area contributed by atoms with E-state index in [2.05, 4.69) is 6.92 Å². The minimum atomic E-state index is -2.73. The second-order valence-corrected chi connectivity index (χ2v) is 4.36. The molecule has 14 heavy (non-hydrogen) atoms. The molecule has 1 saturated carbocycles. The quantitative estimate of drug-likeness (QED) is 0.714. The number of hydrogen-bond acceptors (Lipinski definition) is 2. The third kappa shape index (κ3) is 3.50. The fourth-order valence-electron chi connectivity index (χ4n) is 1.68. The van der Waals surface area contributed by atoms with Gasteiger partial charge in [-0.05, 0) is 24.8 Å². The Morgan fingerprint density at radius 1 is 1.50 bits per heavy atom. The molecule has 0 aromatic rings. The van der Waals surface area contributed by atoms with E-state index in [4.69, 9.17) is 5.73 Å². The monoisotopic (exact) mass is 206 g/mol. The molecule has 4 heteroatoms.